The van der Waals surface area contributed by atoms with Crippen molar-refractivity contribution in [2.24, 2.45) is 0 Å². The van der Waals surface area contributed by atoms with Gasteiger partial charge in [-0.1, -0.05) is 42.3 Å². The highest BCUT2D eigenvalue weighted by Gasteiger charge is 2.06. The minimum Gasteiger partial charge on any atom is -0.286 e. The predicted octanol–water partition coefficient (Wildman–Crippen LogP) is 1.93. The van der Waals surface area contributed by atoms with E-state index in [-0.39, 0.29) is 24.3 Å². The SMILES string of the molecule is Cc1ccccc1.O=S(=O)(O)CCCCCS(=O)(=O)O. The summed E-state index contributed by atoms with van der Waals surface area (Å²) < 4.78 is 57.3. The van der Waals surface area contributed by atoms with E-state index in [1.807, 2.05) is 18.2 Å². The number of benzene rings is 1. The first-order chi connectivity index (χ1) is 9.10. The molecule has 1 aromatic carbocycles. The van der Waals surface area contributed by atoms with Gasteiger partial charge in [0.1, 0.15) is 0 Å². The minimum absolute atomic E-state index is 0.189. The van der Waals surface area contributed by atoms with Gasteiger partial charge in [0.2, 0.25) is 0 Å². The zero-order chi connectivity index (χ0) is 15.6. The van der Waals surface area contributed by atoms with Crippen molar-refractivity contribution in [3.63, 3.8) is 0 Å². The molecule has 1 rings (SSSR count). The quantitative estimate of drug-likeness (QED) is 0.611. The molecule has 0 aliphatic carbocycles. The van der Waals surface area contributed by atoms with E-state index in [2.05, 4.69) is 19.1 Å². The van der Waals surface area contributed by atoms with Gasteiger partial charge in [-0.25, -0.2) is 0 Å². The molecular formula is C12H20O6S2. The first kappa shape index (κ1) is 19.0. The number of aryl methyl sites for hydroxylation is 1. The van der Waals surface area contributed by atoms with Crippen LogP contribution in [0.15, 0.2) is 30.3 Å². The molecule has 0 saturated heterocycles. The van der Waals surface area contributed by atoms with Crippen molar-refractivity contribution in [2.45, 2.75) is 26.2 Å². The Morgan fingerprint density at radius 3 is 1.45 bits per heavy atom. The van der Waals surface area contributed by atoms with E-state index >= 15 is 0 Å². The molecule has 2 N–H and O–H groups in total. The molecule has 116 valence electrons. The summed E-state index contributed by atoms with van der Waals surface area (Å²) in [6.07, 6.45) is 0.711. The lowest BCUT2D eigenvalue weighted by Crippen LogP contribution is -2.06. The van der Waals surface area contributed by atoms with Crippen LogP contribution in [-0.4, -0.2) is 37.4 Å². The third-order valence-corrected chi connectivity index (χ3v) is 3.85. The number of hydrogen-bond acceptors (Lipinski definition) is 4. The van der Waals surface area contributed by atoms with E-state index in [4.69, 9.17) is 9.11 Å². The van der Waals surface area contributed by atoms with E-state index in [0.29, 0.717) is 6.42 Å². The van der Waals surface area contributed by atoms with Gasteiger partial charge >= 0.3 is 0 Å². The van der Waals surface area contributed by atoms with E-state index in [1.54, 1.807) is 0 Å². The summed E-state index contributed by atoms with van der Waals surface area (Å²) >= 11 is 0. The van der Waals surface area contributed by atoms with Crippen molar-refractivity contribution in [3.05, 3.63) is 35.9 Å². The summed E-state index contributed by atoms with van der Waals surface area (Å²) in [5.74, 6) is -0.753. The molecule has 0 aromatic heterocycles. The zero-order valence-electron chi connectivity index (χ0n) is 11.3. The molecule has 0 heterocycles. The van der Waals surface area contributed by atoms with E-state index < -0.39 is 20.2 Å². The average Bonchev–Trinajstić information content (AvgIpc) is 2.27. The molecule has 0 atom stereocenters. The third kappa shape index (κ3) is 15.1. The van der Waals surface area contributed by atoms with Gasteiger partial charge in [-0.2, -0.15) is 16.8 Å². The van der Waals surface area contributed by atoms with Crippen molar-refractivity contribution in [1.29, 1.82) is 0 Å². The topological polar surface area (TPSA) is 109 Å². The summed E-state index contributed by atoms with van der Waals surface area (Å²) in [5, 5.41) is 0. The predicted molar refractivity (Wildman–Crippen MR) is 77.9 cm³/mol. The van der Waals surface area contributed by atoms with Crippen LogP contribution in [0.4, 0.5) is 0 Å². The van der Waals surface area contributed by atoms with Crippen LogP contribution < -0.4 is 0 Å². The fourth-order valence-electron chi connectivity index (χ4n) is 1.28. The van der Waals surface area contributed by atoms with Crippen molar-refractivity contribution >= 4 is 20.2 Å². The third-order valence-electron chi connectivity index (χ3n) is 2.25. The molecule has 6 nitrogen and oxygen atoms in total. The van der Waals surface area contributed by atoms with E-state index in [9.17, 15) is 16.8 Å². The van der Waals surface area contributed by atoms with Gasteiger partial charge in [-0.15, -0.1) is 0 Å². The zero-order valence-corrected chi connectivity index (χ0v) is 12.9. The smallest absolute Gasteiger partial charge is 0.264 e. The Balaban J connectivity index is 0.000000428. The number of rotatable bonds is 6. The highest BCUT2D eigenvalue weighted by atomic mass is 32.2. The van der Waals surface area contributed by atoms with Crippen LogP contribution in [0, 0.1) is 6.92 Å². The Morgan fingerprint density at radius 1 is 0.800 bits per heavy atom. The van der Waals surface area contributed by atoms with Crippen molar-refractivity contribution in [3.8, 4) is 0 Å². The lowest BCUT2D eigenvalue weighted by atomic mass is 10.2. The maximum absolute atomic E-state index is 10.2. The second kappa shape index (κ2) is 9.06. The fraction of sp³-hybridized carbons (Fsp3) is 0.500. The van der Waals surface area contributed by atoms with Gasteiger partial charge in [0.15, 0.2) is 0 Å². The molecule has 0 spiro atoms. The molecule has 0 saturated carbocycles. The van der Waals surface area contributed by atoms with Gasteiger partial charge < -0.3 is 0 Å². The highest BCUT2D eigenvalue weighted by Crippen LogP contribution is 2.00. The fourth-order valence-corrected chi connectivity index (χ4v) is 2.42. The van der Waals surface area contributed by atoms with Crippen LogP contribution >= 0.6 is 0 Å². The molecule has 0 aliphatic heterocycles. The Hall–Kier alpha value is -0.960. The maximum atomic E-state index is 10.2. The van der Waals surface area contributed by atoms with Crippen LogP contribution in [-0.2, 0) is 20.2 Å². The Bertz CT molecular complexity index is 529. The molecule has 0 aliphatic rings. The van der Waals surface area contributed by atoms with Crippen LogP contribution in [0.1, 0.15) is 24.8 Å². The molecule has 20 heavy (non-hydrogen) atoms. The first-order valence-corrected chi connectivity index (χ1v) is 9.24. The summed E-state index contributed by atoms with van der Waals surface area (Å²) in [6.45, 7) is 2.08. The standard InChI is InChI=1S/C7H8.C5H12O6S2/c1-7-5-3-2-4-6-7;6-12(7,8)4-2-1-3-5-13(9,10)11/h2-6H,1H3;1-5H2,(H,6,7,8)(H,9,10,11). The van der Waals surface area contributed by atoms with Gasteiger partial charge in [-0.05, 0) is 19.8 Å². The second-order valence-corrected chi connectivity index (χ2v) is 7.43. The second-order valence-electron chi connectivity index (χ2n) is 4.29. The lowest BCUT2D eigenvalue weighted by molar-refractivity contribution is 0.477. The molecular weight excluding hydrogens is 304 g/mol. The monoisotopic (exact) mass is 324 g/mol. The van der Waals surface area contributed by atoms with E-state index in [1.165, 1.54) is 5.56 Å². The van der Waals surface area contributed by atoms with Crippen LogP contribution in [0.5, 0.6) is 0 Å². The Morgan fingerprint density at radius 2 is 1.20 bits per heavy atom. The Kier molecular flexibility index (Phi) is 8.63. The average molecular weight is 324 g/mol. The van der Waals surface area contributed by atoms with Crippen molar-refractivity contribution < 1.29 is 25.9 Å². The van der Waals surface area contributed by atoms with Crippen LogP contribution in [0.2, 0.25) is 0 Å². The first-order valence-electron chi connectivity index (χ1n) is 6.02. The van der Waals surface area contributed by atoms with Gasteiger partial charge in [0.25, 0.3) is 20.2 Å². The molecule has 0 amide bonds. The van der Waals surface area contributed by atoms with Crippen molar-refractivity contribution in [1.82, 2.24) is 0 Å². The van der Waals surface area contributed by atoms with Crippen LogP contribution in [0.25, 0.3) is 0 Å². The number of unbranched alkanes of at least 4 members (excludes halogenated alkanes) is 2. The normalized spacial score (nSPS) is 11.6. The summed E-state index contributed by atoms with van der Waals surface area (Å²) in [5.41, 5.74) is 1.32. The molecule has 0 bridgehead atoms. The van der Waals surface area contributed by atoms with Crippen LogP contribution in [0.3, 0.4) is 0 Å². The maximum Gasteiger partial charge on any atom is 0.264 e. The van der Waals surface area contributed by atoms with Gasteiger partial charge in [0, 0.05) is 0 Å². The number of hydrogen-bond donors (Lipinski definition) is 2. The summed E-state index contributed by atoms with van der Waals surface area (Å²) in [7, 11) is -7.90. The molecule has 8 heteroatoms. The molecule has 0 unspecified atom stereocenters. The van der Waals surface area contributed by atoms with E-state index in [0.717, 1.165) is 0 Å². The summed E-state index contributed by atoms with van der Waals surface area (Å²) in [4.78, 5) is 0. The van der Waals surface area contributed by atoms with Gasteiger partial charge in [0.05, 0.1) is 11.5 Å². The summed E-state index contributed by atoms with van der Waals surface area (Å²) in [6, 6.07) is 10.3. The molecule has 1 aromatic rings. The highest BCUT2D eigenvalue weighted by molar-refractivity contribution is 7.86. The van der Waals surface area contributed by atoms with Gasteiger partial charge in [-0.3, -0.25) is 9.11 Å². The molecule has 0 fully saturated rings. The van der Waals surface area contributed by atoms with Crippen molar-refractivity contribution in [2.75, 3.05) is 11.5 Å². The minimum atomic E-state index is -3.95. The Labute approximate surface area is 120 Å². The largest absolute Gasteiger partial charge is 0.286 e. The molecule has 0 radical (unpaired) electrons. The lowest BCUT2D eigenvalue weighted by Gasteiger charge is -1.97.